The number of carboxylic acids is 1. The molecule has 0 unspecified atom stereocenters. The van der Waals surface area contributed by atoms with Gasteiger partial charge >= 0.3 is 5.97 Å². The van der Waals surface area contributed by atoms with E-state index in [-0.39, 0.29) is 24.5 Å². The van der Waals surface area contributed by atoms with Crippen LogP contribution in [-0.2, 0) is 4.74 Å². The van der Waals surface area contributed by atoms with E-state index < -0.39 is 12.1 Å². The van der Waals surface area contributed by atoms with E-state index >= 15 is 0 Å². The molecule has 38 heavy (non-hydrogen) atoms. The lowest BCUT2D eigenvalue weighted by atomic mass is 10.1. The summed E-state index contributed by atoms with van der Waals surface area (Å²) in [5.41, 5.74) is 3.22. The van der Waals surface area contributed by atoms with Crippen LogP contribution in [0.2, 0.25) is 10.0 Å². The van der Waals surface area contributed by atoms with Crippen molar-refractivity contribution in [2.75, 3.05) is 20.3 Å². The highest BCUT2D eigenvalue weighted by atomic mass is 35.5. The van der Waals surface area contributed by atoms with Crippen LogP contribution in [0.1, 0.15) is 33.3 Å². The summed E-state index contributed by atoms with van der Waals surface area (Å²) in [4.78, 5) is 16.3. The third-order valence-corrected chi connectivity index (χ3v) is 6.38. The van der Waals surface area contributed by atoms with Crippen molar-refractivity contribution < 1.29 is 24.1 Å². The molecule has 4 aromatic rings. The fourth-order valence-corrected chi connectivity index (χ4v) is 4.08. The molecule has 1 heterocycles. The second-order valence-corrected chi connectivity index (χ2v) is 9.00. The maximum absolute atomic E-state index is 11.7. The molecular weight excluding hydrogens is 525 g/mol. The van der Waals surface area contributed by atoms with Crippen molar-refractivity contribution in [3.05, 3.63) is 99.2 Å². The highest BCUT2D eigenvalue weighted by Crippen LogP contribution is 2.29. The molecule has 1 aromatic heterocycles. The Balaban J connectivity index is 1.54. The number of benzene rings is 3. The molecule has 1 atom stereocenters. The van der Waals surface area contributed by atoms with Crippen molar-refractivity contribution in [1.29, 1.82) is 0 Å². The Bertz CT molecular complexity index is 1540. The number of carboxylic acid groups (broad SMARTS) is 1. The van der Waals surface area contributed by atoms with Gasteiger partial charge in [-0.3, -0.25) is 0 Å². The first-order chi connectivity index (χ1) is 18.4. The van der Waals surface area contributed by atoms with Crippen LogP contribution >= 0.6 is 23.2 Å². The van der Waals surface area contributed by atoms with E-state index in [0.29, 0.717) is 15.8 Å². The van der Waals surface area contributed by atoms with E-state index in [1.165, 1.54) is 13.2 Å². The van der Waals surface area contributed by atoms with Crippen LogP contribution in [0.4, 0.5) is 0 Å². The molecule has 0 saturated heterocycles. The first-order valence-corrected chi connectivity index (χ1v) is 12.3. The Morgan fingerprint density at radius 3 is 2.66 bits per heavy atom. The molecular formula is C30H23Cl2NO5. The zero-order valence-electron chi connectivity index (χ0n) is 20.4. The molecule has 0 aliphatic rings. The van der Waals surface area contributed by atoms with Crippen LogP contribution in [-0.4, -0.2) is 36.4 Å². The molecule has 0 radical (unpaired) electrons. The number of terminal acetylenes is 1. The Kier molecular flexibility index (Phi) is 8.88. The van der Waals surface area contributed by atoms with Crippen molar-refractivity contribution in [1.82, 2.24) is 4.98 Å². The lowest BCUT2D eigenvalue weighted by Crippen LogP contribution is -2.16. The third kappa shape index (κ3) is 6.64. The number of nitrogens with zero attached hydrogens (tertiary/aromatic N) is 1. The van der Waals surface area contributed by atoms with Gasteiger partial charge in [-0.2, -0.15) is 0 Å². The molecule has 0 aliphatic carbocycles. The van der Waals surface area contributed by atoms with Gasteiger partial charge in [-0.25, -0.2) is 9.78 Å². The lowest BCUT2D eigenvalue weighted by molar-refractivity contribution is 0.0375. The number of fused-ring (bicyclic) bond motifs is 1. The minimum atomic E-state index is -1.13. The number of hydrogen-bond donors (Lipinski definition) is 1. The van der Waals surface area contributed by atoms with Crippen molar-refractivity contribution in [3.8, 4) is 23.8 Å². The highest BCUT2D eigenvalue weighted by Gasteiger charge is 2.17. The molecule has 1 N–H and O–H groups in total. The number of ether oxygens (including phenoxy) is 3. The average Bonchev–Trinajstić information content (AvgIpc) is 2.92. The summed E-state index contributed by atoms with van der Waals surface area (Å²) in [6, 6.07) is 19.6. The Morgan fingerprint density at radius 1 is 1.08 bits per heavy atom. The molecule has 0 spiro atoms. The quantitative estimate of drug-likeness (QED) is 0.212. The van der Waals surface area contributed by atoms with Gasteiger partial charge in [-0.05, 0) is 59.7 Å². The molecule has 0 saturated carbocycles. The number of halogens is 2. The number of aromatic carboxylic acids is 1. The van der Waals surface area contributed by atoms with E-state index in [4.69, 9.17) is 43.8 Å². The van der Waals surface area contributed by atoms with Crippen molar-refractivity contribution in [3.63, 3.8) is 0 Å². The predicted octanol–water partition coefficient (Wildman–Crippen LogP) is 7.19. The fourth-order valence-electron chi connectivity index (χ4n) is 3.75. The number of aromatic nitrogens is 1. The van der Waals surface area contributed by atoms with Gasteiger partial charge in [0.05, 0.1) is 28.4 Å². The molecule has 0 bridgehead atoms. The summed E-state index contributed by atoms with van der Waals surface area (Å²) in [6.07, 6.45) is 8.71. The minimum Gasteiger partial charge on any atom is -0.497 e. The maximum Gasteiger partial charge on any atom is 0.339 e. The van der Waals surface area contributed by atoms with Crippen LogP contribution in [0, 0.1) is 12.3 Å². The number of hydrogen-bond acceptors (Lipinski definition) is 5. The van der Waals surface area contributed by atoms with Crippen molar-refractivity contribution in [2.24, 2.45) is 0 Å². The first-order valence-electron chi connectivity index (χ1n) is 11.5. The van der Waals surface area contributed by atoms with Gasteiger partial charge in [0.2, 0.25) is 0 Å². The van der Waals surface area contributed by atoms with Gasteiger partial charge in [0.25, 0.3) is 0 Å². The largest absolute Gasteiger partial charge is 0.497 e. The van der Waals surface area contributed by atoms with E-state index in [9.17, 15) is 9.90 Å². The molecule has 8 heteroatoms. The highest BCUT2D eigenvalue weighted by molar-refractivity contribution is 6.42. The van der Waals surface area contributed by atoms with Gasteiger partial charge in [0.15, 0.2) is 0 Å². The second kappa shape index (κ2) is 12.5. The fraction of sp³-hybridized carbons (Fsp3) is 0.133. The van der Waals surface area contributed by atoms with Crippen LogP contribution < -0.4 is 9.47 Å². The maximum atomic E-state index is 11.7. The SMILES string of the molecule is C#CCO[C@H](COc1ccc(OC)cc1C(=O)O)c1cccc(/C=C/c2ccc3cc(Cl)c(Cl)cc3n2)c1. The average molecular weight is 548 g/mol. The molecule has 0 aliphatic heterocycles. The smallest absolute Gasteiger partial charge is 0.339 e. The van der Waals surface area contributed by atoms with Gasteiger partial charge < -0.3 is 19.3 Å². The van der Waals surface area contributed by atoms with Crippen molar-refractivity contribution in [2.45, 2.75) is 6.10 Å². The number of methoxy groups -OCH3 is 1. The van der Waals surface area contributed by atoms with E-state index in [0.717, 1.165) is 27.7 Å². The summed E-state index contributed by atoms with van der Waals surface area (Å²) >= 11 is 12.2. The number of carbonyl (C=O) groups is 1. The Morgan fingerprint density at radius 2 is 1.89 bits per heavy atom. The molecule has 3 aromatic carbocycles. The van der Waals surface area contributed by atoms with Crippen LogP contribution in [0.5, 0.6) is 11.5 Å². The summed E-state index contributed by atoms with van der Waals surface area (Å²) in [5, 5.41) is 11.4. The standard InChI is InChI=1S/C30H23Cl2NO5/c1-3-13-37-29(18-38-28-12-11-23(36-2)16-24(28)30(34)35)21-6-4-5-19(14-21)7-9-22-10-8-20-15-25(31)26(32)17-27(20)33-22/h1,4-12,14-17,29H,13,18H2,2H3,(H,34,35)/b9-7+/t29-/m1/s1. The second-order valence-electron chi connectivity index (χ2n) is 8.18. The lowest BCUT2D eigenvalue weighted by Gasteiger charge is -2.19. The number of pyridine rings is 1. The zero-order valence-corrected chi connectivity index (χ0v) is 21.9. The van der Waals surface area contributed by atoms with Crippen LogP contribution in [0.3, 0.4) is 0 Å². The van der Waals surface area contributed by atoms with E-state index in [1.54, 1.807) is 24.3 Å². The van der Waals surface area contributed by atoms with Gasteiger partial charge in [-0.15, -0.1) is 6.42 Å². The molecule has 0 amide bonds. The van der Waals surface area contributed by atoms with E-state index in [2.05, 4.69) is 10.9 Å². The molecule has 0 fully saturated rings. The first kappa shape index (κ1) is 27.0. The van der Waals surface area contributed by atoms with Gasteiger partial charge in [0.1, 0.15) is 36.4 Å². The Hall–Kier alpha value is -4.02. The van der Waals surface area contributed by atoms with Gasteiger partial charge in [0, 0.05) is 5.39 Å². The van der Waals surface area contributed by atoms with Crippen LogP contribution in [0.15, 0.2) is 66.7 Å². The predicted molar refractivity (Wildman–Crippen MR) is 150 cm³/mol. The topological polar surface area (TPSA) is 77.9 Å². The summed E-state index contributed by atoms with van der Waals surface area (Å²) in [7, 11) is 1.47. The summed E-state index contributed by atoms with van der Waals surface area (Å²) in [5.74, 6) is 1.96. The van der Waals surface area contributed by atoms with Crippen molar-refractivity contribution >= 4 is 52.2 Å². The van der Waals surface area contributed by atoms with Crippen LogP contribution in [0.25, 0.3) is 23.1 Å². The number of rotatable bonds is 10. The van der Waals surface area contributed by atoms with E-state index in [1.807, 2.05) is 48.6 Å². The molecule has 4 rings (SSSR count). The van der Waals surface area contributed by atoms with Gasteiger partial charge in [-0.1, -0.05) is 59.5 Å². The monoisotopic (exact) mass is 547 g/mol. The third-order valence-electron chi connectivity index (χ3n) is 5.66. The zero-order chi connectivity index (χ0) is 27.1. The summed E-state index contributed by atoms with van der Waals surface area (Å²) < 4.78 is 16.8. The summed E-state index contributed by atoms with van der Waals surface area (Å²) in [6.45, 7) is 0.118. The normalized spacial score (nSPS) is 11.8. The minimum absolute atomic E-state index is 0.0109. The molecule has 6 nitrogen and oxygen atoms in total. The molecule has 192 valence electrons. The Labute approximate surface area is 230 Å².